The van der Waals surface area contributed by atoms with E-state index in [4.69, 9.17) is 10.5 Å². The van der Waals surface area contributed by atoms with E-state index in [1.165, 1.54) is 12.8 Å². The number of carbonyl (C=O) groups is 1. The lowest BCUT2D eigenvalue weighted by atomic mass is 9.98. The quantitative estimate of drug-likeness (QED) is 0.842. The van der Waals surface area contributed by atoms with Crippen LogP contribution in [0.5, 0.6) is 0 Å². The molecule has 0 aromatic heterocycles. The first-order valence-electron chi connectivity index (χ1n) is 7.04. The Hall–Kier alpha value is -0.770. The summed E-state index contributed by atoms with van der Waals surface area (Å²) in [7, 11) is 0. The van der Waals surface area contributed by atoms with Crippen LogP contribution in [0.15, 0.2) is 0 Å². The fourth-order valence-corrected chi connectivity index (χ4v) is 2.46. The Bertz CT molecular complexity index is 318. The molecule has 0 bridgehead atoms. The van der Waals surface area contributed by atoms with Gasteiger partial charge in [0.15, 0.2) is 0 Å². The van der Waals surface area contributed by atoms with Gasteiger partial charge in [-0.25, -0.2) is 4.79 Å². The summed E-state index contributed by atoms with van der Waals surface area (Å²) in [6.07, 6.45) is 5.54. The van der Waals surface area contributed by atoms with Crippen molar-refractivity contribution in [3.05, 3.63) is 0 Å². The minimum atomic E-state index is -0.398. The summed E-state index contributed by atoms with van der Waals surface area (Å²) in [6.45, 7) is 7.39. The van der Waals surface area contributed by atoms with Crippen LogP contribution >= 0.6 is 0 Å². The Morgan fingerprint density at radius 2 is 2.11 bits per heavy atom. The smallest absolute Gasteiger partial charge is 0.410 e. The summed E-state index contributed by atoms with van der Waals surface area (Å²) < 4.78 is 5.39. The third-order valence-corrected chi connectivity index (χ3v) is 3.88. The Balaban J connectivity index is 1.72. The highest BCUT2D eigenvalue weighted by molar-refractivity contribution is 5.68. The molecule has 0 spiro atoms. The molecule has 1 saturated heterocycles. The summed E-state index contributed by atoms with van der Waals surface area (Å²) in [5.41, 5.74) is 5.84. The number of likely N-dealkylation sites (tertiary alicyclic amines) is 1. The molecule has 1 heterocycles. The summed E-state index contributed by atoms with van der Waals surface area (Å²) in [5.74, 6) is 0.610. The number of nitrogens with zero attached hydrogens (tertiary/aromatic N) is 1. The van der Waals surface area contributed by atoms with E-state index in [0.717, 1.165) is 32.4 Å². The lowest BCUT2D eigenvalue weighted by Gasteiger charge is -2.24. The third-order valence-electron chi connectivity index (χ3n) is 3.88. The number of hydrogen-bond donors (Lipinski definition) is 1. The van der Waals surface area contributed by atoms with E-state index in [9.17, 15) is 4.79 Å². The van der Waals surface area contributed by atoms with Crippen LogP contribution in [0.4, 0.5) is 4.79 Å². The van der Waals surface area contributed by atoms with Gasteiger partial charge < -0.3 is 15.4 Å². The molecule has 4 heteroatoms. The van der Waals surface area contributed by atoms with Gasteiger partial charge in [-0.1, -0.05) is 0 Å². The van der Waals surface area contributed by atoms with Gasteiger partial charge in [0.1, 0.15) is 5.60 Å². The highest BCUT2D eigenvalue weighted by Crippen LogP contribution is 2.38. The van der Waals surface area contributed by atoms with Crippen LogP contribution in [0.1, 0.15) is 52.9 Å². The van der Waals surface area contributed by atoms with Crippen molar-refractivity contribution in [1.82, 2.24) is 4.90 Å². The molecule has 0 aromatic rings. The summed E-state index contributed by atoms with van der Waals surface area (Å²) >= 11 is 0. The zero-order chi connectivity index (χ0) is 13.4. The second-order valence-electron chi connectivity index (χ2n) is 6.98. The molecule has 18 heavy (non-hydrogen) atoms. The van der Waals surface area contributed by atoms with Crippen molar-refractivity contribution in [2.75, 3.05) is 13.1 Å². The molecule has 2 rings (SSSR count). The zero-order valence-corrected chi connectivity index (χ0v) is 11.9. The molecule has 0 aromatic carbocycles. The fourth-order valence-electron chi connectivity index (χ4n) is 2.46. The van der Waals surface area contributed by atoms with Crippen molar-refractivity contribution in [3.8, 4) is 0 Å². The highest BCUT2D eigenvalue weighted by Gasteiger charge is 2.39. The Labute approximate surface area is 110 Å². The van der Waals surface area contributed by atoms with Crippen LogP contribution < -0.4 is 5.73 Å². The molecule has 2 aliphatic rings. The average Bonchev–Trinajstić information content (AvgIpc) is 2.79. The van der Waals surface area contributed by atoms with Gasteiger partial charge in [-0.15, -0.1) is 0 Å². The van der Waals surface area contributed by atoms with Crippen molar-refractivity contribution in [2.45, 2.75) is 64.0 Å². The van der Waals surface area contributed by atoms with Gasteiger partial charge in [0, 0.05) is 18.6 Å². The molecule has 1 saturated carbocycles. The molecule has 1 unspecified atom stereocenters. The number of nitrogens with two attached hydrogens (primary N) is 1. The van der Waals surface area contributed by atoms with Crippen LogP contribution in [0, 0.1) is 5.92 Å². The lowest BCUT2D eigenvalue weighted by molar-refractivity contribution is 0.0287. The van der Waals surface area contributed by atoms with E-state index in [-0.39, 0.29) is 11.6 Å². The fraction of sp³-hybridized carbons (Fsp3) is 0.929. The van der Waals surface area contributed by atoms with Crippen LogP contribution in [0.25, 0.3) is 0 Å². The number of rotatable bonds is 3. The lowest BCUT2D eigenvalue weighted by Crippen LogP contribution is -2.35. The standard InChI is InChI=1S/C14H26N2O2/c1-13(2,3)18-12(17)16-9-5-11(10-16)4-6-14(15)7-8-14/h11H,4-10,15H2,1-3H3. The van der Waals surface area contributed by atoms with Crippen LogP contribution in [0.3, 0.4) is 0 Å². The SMILES string of the molecule is CC(C)(C)OC(=O)N1CCC(CCC2(N)CC2)C1. The third kappa shape index (κ3) is 3.87. The number of ether oxygens (including phenoxy) is 1. The van der Waals surface area contributed by atoms with E-state index >= 15 is 0 Å². The van der Waals surface area contributed by atoms with Crippen molar-refractivity contribution >= 4 is 6.09 Å². The molecule has 0 radical (unpaired) electrons. The maximum atomic E-state index is 11.9. The molecule has 1 aliphatic carbocycles. The Morgan fingerprint density at radius 3 is 2.67 bits per heavy atom. The van der Waals surface area contributed by atoms with E-state index in [2.05, 4.69) is 0 Å². The van der Waals surface area contributed by atoms with Gasteiger partial charge in [0.2, 0.25) is 0 Å². The maximum Gasteiger partial charge on any atom is 0.410 e. The van der Waals surface area contributed by atoms with Crippen LogP contribution in [-0.2, 0) is 4.74 Å². The molecule has 2 fully saturated rings. The normalized spacial score (nSPS) is 26.2. The molecule has 1 atom stereocenters. The molecule has 104 valence electrons. The van der Waals surface area contributed by atoms with Gasteiger partial charge in [-0.2, -0.15) is 0 Å². The minimum absolute atomic E-state index is 0.138. The largest absolute Gasteiger partial charge is 0.444 e. The molecule has 2 N–H and O–H groups in total. The van der Waals surface area contributed by atoms with Gasteiger partial charge in [-0.05, 0) is 58.8 Å². The van der Waals surface area contributed by atoms with Crippen molar-refractivity contribution in [2.24, 2.45) is 11.7 Å². The van der Waals surface area contributed by atoms with E-state index < -0.39 is 5.60 Å². The average molecular weight is 254 g/mol. The molecule has 4 nitrogen and oxygen atoms in total. The first-order chi connectivity index (χ1) is 8.27. The van der Waals surface area contributed by atoms with E-state index in [1.54, 1.807) is 0 Å². The number of hydrogen-bond acceptors (Lipinski definition) is 3. The highest BCUT2D eigenvalue weighted by atomic mass is 16.6. The minimum Gasteiger partial charge on any atom is -0.444 e. The predicted molar refractivity (Wildman–Crippen MR) is 71.3 cm³/mol. The topological polar surface area (TPSA) is 55.6 Å². The first-order valence-corrected chi connectivity index (χ1v) is 7.04. The molecular weight excluding hydrogens is 228 g/mol. The molecular formula is C14H26N2O2. The predicted octanol–water partition coefficient (Wildman–Crippen LogP) is 2.51. The first kappa shape index (κ1) is 13.7. The van der Waals surface area contributed by atoms with E-state index in [0.29, 0.717) is 5.92 Å². The number of amides is 1. The van der Waals surface area contributed by atoms with Gasteiger partial charge in [-0.3, -0.25) is 0 Å². The maximum absolute atomic E-state index is 11.9. The monoisotopic (exact) mass is 254 g/mol. The molecule has 1 amide bonds. The zero-order valence-electron chi connectivity index (χ0n) is 11.9. The summed E-state index contributed by atoms with van der Waals surface area (Å²) in [5, 5.41) is 0. The van der Waals surface area contributed by atoms with Crippen molar-refractivity contribution in [3.63, 3.8) is 0 Å². The van der Waals surface area contributed by atoms with Crippen LogP contribution in [-0.4, -0.2) is 35.2 Å². The van der Waals surface area contributed by atoms with Crippen molar-refractivity contribution < 1.29 is 9.53 Å². The van der Waals surface area contributed by atoms with Gasteiger partial charge >= 0.3 is 6.09 Å². The number of carbonyl (C=O) groups excluding carboxylic acids is 1. The van der Waals surface area contributed by atoms with Gasteiger partial charge in [0.05, 0.1) is 0 Å². The Kier molecular flexibility index (Phi) is 3.58. The van der Waals surface area contributed by atoms with Crippen molar-refractivity contribution in [1.29, 1.82) is 0 Å². The second kappa shape index (κ2) is 4.72. The van der Waals surface area contributed by atoms with Crippen LogP contribution in [0.2, 0.25) is 0 Å². The Morgan fingerprint density at radius 1 is 1.44 bits per heavy atom. The second-order valence-corrected chi connectivity index (χ2v) is 6.98. The summed E-state index contributed by atoms with van der Waals surface area (Å²) in [6, 6.07) is 0. The summed E-state index contributed by atoms with van der Waals surface area (Å²) in [4.78, 5) is 13.7. The van der Waals surface area contributed by atoms with E-state index in [1.807, 2.05) is 25.7 Å². The molecule has 1 aliphatic heterocycles. The van der Waals surface area contributed by atoms with Gasteiger partial charge in [0.25, 0.3) is 0 Å².